The van der Waals surface area contributed by atoms with Crippen molar-refractivity contribution in [3.63, 3.8) is 0 Å². The lowest BCUT2D eigenvalue weighted by Crippen LogP contribution is -2.29. The molecule has 10 heteroatoms. The van der Waals surface area contributed by atoms with Crippen molar-refractivity contribution in [2.45, 2.75) is 0 Å². The van der Waals surface area contributed by atoms with Crippen molar-refractivity contribution in [3.8, 4) is 0 Å². The van der Waals surface area contributed by atoms with E-state index in [1.54, 1.807) is 6.07 Å². The molecular weight excluding hydrogens is 389 g/mol. The standard InChI is InChI=1S/C15H9Cl2N3O4S/c16-8-2-1-5(3-9(8)17)19-13(22)11-10(18)6-4-7(15(23)24)12(21)20-14(6)25-11/h1-4H,18H2,(H,19,22)(H,20,21)(H,23,24)/p-1. The fourth-order valence-corrected chi connectivity index (χ4v) is 3.44. The number of hydrogen-bond acceptors (Lipinski definition) is 6. The molecule has 0 radical (unpaired) electrons. The number of H-pyrrole nitrogens is 1. The Bertz CT molecular complexity index is 1090. The number of aromatic carboxylic acids is 1. The summed E-state index contributed by atoms with van der Waals surface area (Å²) in [4.78, 5) is 37.8. The third kappa shape index (κ3) is 3.19. The number of anilines is 2. The van der Waals surface area contributed by atoms with E-state index in [4.69, 9.17) is 28.9 Å². The van der Waals surface area contributed by atoms with Gasteiger partial charge >= 0.3 is 0 Å². The van der Waals surface area contributed by atoms with Crippen molar-refractivity contribution in [2.75, 3.05) is 11.1 Å². The maximum atomic E-state index is 12.4. The number of amides is 1. The van der Waals surface area contributed by atoms with Crippen LogP contribution in [0.5, 0.6) is 0 Å². The first-order valence-electron chi connectivity index (χ1n) is 6.71. The number of carbonyl (C=O) groups excluding carboxylic acids is 2. The second kappa shape index (κ2) is 6.40. The van der Waals surface area contributed by atoms with E-state index in [0.717, 1.165) is 17.4 Å². The van der Waals surface area contributed by atoms with Crippen molar-refractivity contribution in [3.05, 3.63) is 55.1 Å². The molecule has 7 nitrogen and oxygen atoms in total. The zero-order valence-electron chi connectivity index (χ0n) is 12.2. The van der Waals surface area contributed by atoms with E-state index >= 15 is 0 Å². The molecule has 0 fully saturated rings. The molecular formula is C15H8Cl2N3O4S-. The van der Waals surface area contributed by atoms with Crippen LogP contribution in [0.3, 0.4) is 0 Å². The molecule has 0 aliphatic rings. The molecule has 0 spiro atoms. The van der Waals surface area contributed by atoms with E-state index < -0.39 is 23.0 Å². The van der Waals surface area contributed by atoms with Gasteiger partial charge in [-0.2, -0.15) is 0 Å². The Labute approximate surface area is 154 Å². The van der Waals surface area contributed by atoms with E-state index in [1.807, 2.05) is 0 Å². The maximum absolute atomic E-state index is 12.4. The smallest absolute Gasteiger partial charge is 0.267 e. The van der Waals surface area contributed by atoms with Gasteiger partial charge in [-0.05, 0) is 24.3 Å². The molecule has 1 aromatic carbocycles. The number of nitrogens with one attached hydrogen (secondary N) is 2. The molecule has 3 aromatic rings. The van der Waals surface area contributed by atoms with Crippen LogP contribution in [-0.2, 0) is 0 Å². The zero-order valence-corrected chi connectivity index (χ0v) is 14.5. The average Bonchev–Trinajstić information content (AvgIpc) is 2.86. The van der Waals surface area contributed by atoms with Crippen LogP contribution in [0.15, 0.2) is 29.1 Å². The van der Waals surface area contributed by atoms with Crippen LogP contribution in [0.1, 0.15) is 20.0 Å². The Morgan fingerprint density at radius 1 is 1.20 bits per heavy atom. The highest BCUT2D eigenvalue weighted by Gasteiger charge is 2.19. The second-order valence-electron chi connectivity index (χ2n) is 4.97. The van der Waals surface area contributed by atoms with Gasteiger partial charge in [0, 0.05) is 11.1 Å². The third-order valence-corrected chi connectivity index (χ3v) is 5.22. The topological polar surface area (TPSA) is 128 Å². The van der Waals surface area contributed by atoms with Gasteiger partial charge in [-0.3, -0.25) is 9.59 Å². The highest BCUT2D eigenvalue weighted by molar-refractivity contribution is 7.21. The predicted octanol–water partition coefficient (Wildman–Crippen LogP) is 2.09. The number of fused-ring (bicyclic) bond motifs is 1. The van der Waals surface area contributed by atoms with E-state index in [0.29, 0.717) is 10.7 Å². The van der Waals surface area contributed by atoms with Crippen molar-refractivity contribution >= 4 is 68.0 Å². The Kier molecular flexibility index (Phi) is 4.42. The molecule has 0 saturated carbocycles. The first-order chi connectivity index (χ1) is 11.8. The van der Waals surface area contributed by atoms with Crippen LogP contribution in [0.2, 0.25) is 10.0 Å². The highest BCUT2D eigenvalue weighted by atomic mass is 35.5. The molecule has 0 aliphatic carbocycles. The maximum Gasteiger partial charge on any atom is 0.267 e. The summed E-state index contributed by atoms with van der Waals surface area (Å²) in [6.45, 7) is 0. The summed E-state index contributed by atoms with van der Waals surface area (Å²) < 4.78 is 0. The van der Waals surface area contributed by atoms with Crippen molar-refractivity contribution in [1.29, 1.82) is 0 Å². The van der Waals surface area contributed by atoms with Crippen LogP contribution in [0.25, 0.3) is 10.2 Å². The monoisotopic (exact) mass is 396 g/mol. The molecule has 25 heavy (non-hydrogen) atoms. The SMILES string of the molecule is Nc1c(C(=O)Nc2ccc(Cl)c(Cl)c2)sc2[nH]c(=O)c(C(=O)[O-])cc12. The van der Waals surface area contributed by atoms with Gasteiger partial charge in [-0.1, -0.05) is 23.2 Å². The van der Waals surface area contributed by atoms with Gasteiger partial charge in [0.1, 0.15) is 9.71 Å². The van der Waals surface area contributed by atoms with Crippen LogP contribution >= 0.6 is 34.5 Å². The number of aromatic amines is 1. The van der Waals surface area contributed by atoms with E-state index in [2.05, 4.69) is 10.3 Å². The molecule has 0 atom stereocenters. The molecule has 4 N–H and O–H groups in total. The Balaban J connectivity index is 2.01. The highest BCUT2D eigenvalue weighted by Crippen LogP contribution is 2.33. The number of hydrogen-bond donors (Lipinski definition) is 3. The minimum Gasteiger partial charge on any atom is -0.545 e. The summed E-state index contributed by atoms with van der Waals surface area (Å²) in [5.74, 6) is -2.16. The summed E-state index contributed by atoms with van der Waals surface area (Å²) in [5.41, 5.74) is 5.00. The fourth-order valence-electron chi connectivity index (χ4n) is 2.16. The lowest BCUT2D eigenvalue weighted by atomic mass is 10.2. The van der Waals surface area contributed by atoms with Crippen LogP contribution in [-0.4, -0.2) is 16.9 Å². The normalized spacial score (nSPS) is 10.8. The number of nitrogen functional groups attached to an aromatic ring is 1. The molecule has 2 aromatic heterocycles. The summed E-state index contributed by atoms with van der Waals surface area (Å²) in [5, 5.41) is 14.4. The summed E-state index contributed by atoms with van der Waals surface area (Å²) >= 11 is 12.6. The molecule has 2 heterocycles. The Hall–Kier alpha value is -2.55. The largest absolute Gasteiger partial charge is 0.545 e. The number of carboxylic acids is 1. The summed E-state index contributed by atoms with van der Waals surface area (Å²) in [6, 6.07) is 5.65. The number of carboxylic acid groups (broad SMARTS) is 1. The Morgan fingerprint density at radius 3 is 2.56 bits per heavy atom. The quantitative estimate of drug-likeness (QED) is 0.624. The number of aromatic nitrogens is 1. The number of halogens is 2. The molecule has 0 saturated heterocycles. The third-order valence-electron chi connectivity index (χ3n) is 3.35. The number of thiophene rings is 1. The molecule has 3 rings (SSSR count). The molecule has 128 valence electrons. The zero-order chi connectivity index (χ0) is 18.3. The lowest BCUT2D eigenvalue weighted by molar-refractivity contribution is -0.255. The van der Waals surface area contributed by atoms with Crippen LogP contribution < -0.4 is 21.7 Å². The van der Waals surface area contributed by atoms with Gasteiger partial charge in [-0.25, -0.2) is 0 Å². The van der Waals surface area contributed by atoms with Crippen molar-refractivity contribution in [1.82, 2.24) is 4.98 Å². The first-order valence-corrected chi connectivity index (χ1v) is 8.28. The number of carbonyl (C=O) groups is 2. The summed E-state index contributed by atoms with van der Waals surface area (Å²) in [7, 11) is 0. The van der Waals surface area contributed by atoms with Gasteiger partial charge in [0.2, 0.25) is 0 Å². The number of nitrogens with two attached hydrogens (primary N) is 1. The van der Waals surface area contributed by atoms with Crippen LogP contribution in [0.4, 0.5) is 11.4 Å². The number of pyridine rings is 1. The van der Waals surface area contributed by atoms with E-state index in [1.165, 1.54) is 12.1 Å². The molecule has 0 bridgehead atoms. The van der Waals surface area contributed by atoms with Gasteiger partial charge in [0.05, 0.1) is 27.3 Å². The van der Waals surface area contributed by atoms with Gasteiger partial charge < -0.3 is 25.9 Å². The minimum atomic E-state index is -1.63. The van der Waals surface area contributed by atoms with E-state index in [9.17, 15) is 19.5 Å². The van der Waals surface area contributed by atoms with Crippen LogP contribution in [0, 0.1) is 0 Å². The lowest BCUT2D eigenvalue weighted by Gasteiger charge is -2.05. The van der Waals surface area contributed by atoms with Gasteiger partial charge in [0.15, 0.2) is 0 Å². The molecule has 0 unspecified atom stereocenters. The van der Waals surface area contributed by atoms with E-state index in [-0.39, 0.29) is 25.8 Å². The molecule has 0 aliphatic heterocycles. The Morgan fingerprint density at radius 2 is 1.92 bits per heavy atom. The molecule has 1 amide bonds. The predicted molar refractivity (Wildman–Crippen MR) is 95.6 cm³/mol. The first kappa shape index (κ1) is 17.3. The van der Waals surface area contributed by atoms with Crippen molar-refractivity contribution < 1.29 is 14.7 Å². The van der Waals surface area contributed by atoms with Crippen molar-refractivity contribution in [2.24, 2.45) is 0 Å². The number of benzene rings is 1. The second-order valence-corrected chi connectivity index (χ2v) is 6.81. The number of rotatable bonds is 3. The average molecular weight is 397 g/mol. The van der Waals surface area contributed by atoms with Gasteiger partial charge in [0.25, 0.3) is 11.5 Å². The summed E-state index contributed by atoms with van der Waals surface area (Å²) in [6.07, 6.45) is 0. The fraction of sp³-hybridized carbons (Fsp3) is 0. The minimum absolute atomic E-state index is 0.0521. The van der Waals surface area contributed by atoms with Gasteiger partial charge in [-0.15, -0.1) is 11.3 Å².